The Morgan fingerprint density at radius 2 is 1.65 bits per heavy atom. The SMILES string of the molecule is COc1ccc(C(=O)NCC(=O)NN=Cc2cccc(OC(=O)c3ccc([N+](=O)[O-])cc3)c2)cc1OC. The molecule has 3 aromatic carbocycles. The lowest BCUT2D eigenvalue weighted by molar-refractivity contribution is -0.384. The fraction of sp³-hybridized carbons (Fsp3) is 0.120. The van der Waals surface area contributed by atoms with Gasteiger partial charge in [-0.2, -0.15) is 5.10 Å². The Kier molecular flexibility index (Phi) is 8.86. The van der Waals surface area contributed by atoms with Gasteiger partial charge in [0.25, 0.3) is 17.5 Å². The molecule has 0 heterocycles. The van der Waals surface area contributed by atoms with E-state index in [2.05, 4.69) is 15.8 Å². The third-order valence-electron chi connectivity index (χ3n) is 4.84. The van der Waals surface area contributed by atoms with E-state index in [4.69, 9.17) is 14.2 Å². The number of methoxy groups -OCH3 is 2. The molecule has 2 amide bonds. The number of benzene rings is 3. The first-order valence-corrected chi connectivity index (χ1v) is 10.7. The highest BCUT2D eigenvalue weighted by atomic mass is 16.6. The molecule has 0 fully saturated rings. The van der Waals surface area contributed by atoms with Crippen molar-refractivity contribution in [2.75, 3.05) is 20.8 Å². The number of nitro benzene ring substituents is 1. The van der Waals surface area contributed by atoms with E-state index in [1.165, 1.54) is 62.9 Å². The van der Waals surface area contributed by atoms with Gasteiger partial charge in [-0.25, -0.2) is 10.2 Å². The average molecular weight is 506 g/mol. The number of rotatable bonds is 10. The summed E-state index contributed by atoms with van der Waals surface area (Å²) in [4.78, 5) is 46.8. The number of nitro groups is 1. The number of carbonyl (C=O) groups is 3. The van der Waals surface area contributed by atoms with Crippen molar-refractivity contribution in [3.8, 4) is 17.2 Å². The van der Waals surface area contributed by atoms with Crippen molar-refractivity contribution < 1.29 is 33.5 Å². The minimum absolute atomic E-state index is 0.141. The summed E-state index contributed by atoms with van der Waals surface area (Å²) >= 11 is 0. The maximum atomic E-state index is 12.3. The first-order valence-electron chi connectivity index (χ1n) is 10.7. The molecule has 3 rings (SSSR count). The van der Waals surface area contributed by atoms with Gasteiger partial charge in [-0.3, -0.25) is 19.7 Å². The van der Waals surface area contributed by atoms with Crippen molar-refractivity contribution in [1.82, 2.24) is 10.7 Å². The highest BCUT2D eigenvalue weighted by Crippen LogP contribution is 2.27. The molecule has 190 valence electrons. The van der Waals surface area contributed by atoms with E-state index in [1.807, 2.05) is 0 Å². The van der Waals surface area contributed by atoms with Crippen LogP contribution in [0.5, 0.6) is 17.2 Å². The van der Waals surface area contributed by atoms with Gasteiger partial charge in [-0.1, -0.05) is 12.1 Å². The third kappa shape index (κ3) is 7.36. The third-order valence-corrected chi connectivity index (χ3v) is 4.84. The monoisotopic (exact) mass is 506 g/mol. The largest absolute Gasteiger partial charge is 0.493 e. The van der Waals surface area contributed by atoms with Crippen LogP contribution in [-0.2, 0) is 4.79 Å². The van der Waals surface area contributed by atoms with Crippen LogP contribution in [-0.4, -0.2) is 49.7 Å². The maximum absolute atomic E-state index is 12.3. The van der Waals surface area contributed by atoms with Crippen LogP contribution in [0.4, 0.5) is 5.69 Å². The summed E-state index contributed by atoms with van der Waals surface area (Å²) in [6.45, 7) is -0.322. The molecular formula is C25H22N4O8. The zero-order valence-corrected chi connectivity index (χ0v) is 19.8. The van der Waals surface area contributed by atoms with Gasteiger partial charge in [0.2, 0.25) is 0 Å². The number of nitrogens with one attached hydrogen (secondary N) is 2. The van der Waals surface area contributed by atoms with Crippen LogP contribution in [0.15, 0.2) is 71.8 Å². The molecule has 0 aliphatic carbocycles. The quantitative estimate of drug-likeness (QED) is 0.140. The molecule has 0 aliphatic heterocycles. The van der Waals surface area contributed by atoms with Crippen molar-refractivity contribution in [3.63, 3.8) is 0 Å². The number of esters is 1. The number of ether oxygens (including phenoxy) is 3. The molecule has 0 radical (unpaired) electrons. The van der Waals surface area contributed by atoms with Crippen LogP contribution in [0.3, 0.4) is 0 Å². The Bertz CT molecular complexity index is 1340. The molecule has 2 N–H and O–H groups in total. The van der Waals surface area contributed by atoms with E-state index in [0.717, 1.165) is 0 Å². The van der Waals surface area contributed by atoms with Crippen molar-refractivity contribution >= 4 is 29.7 Å². The fourth-order valence-corrected chi connectivity index (χ4v) is 3.00. The number of hydrazone groups is 1. The second kappa shape index (κ2) is 12.4. The van der Waals surface area contributed by atoms with E-state index in [-0.39, 0.29) is 29.1 Å². The van der Waals surface area contributed by atoms with Gasteiger partial charge in [0.1, 0.15) is 5.75 Å². The number of hydrogen-bond donors (Lipinski definition) is 2. The Morgan fingerprint density at radius 1 is 0.946 bits per heavy atom. The van der Waals surface area contributed by atoms with E-state index >= 15 is 0 Å². The first kappa shape index (κ1) is 26.3. The molecule has 0 spiro atoms. The van der Waals surface area contributed by atoms with Gasteiger partial charge < -0.3 is 19.5 Å². The molecule has 3 aromatic rings. The zero-order chi connectivity index (χ0) is 26.8. The summed E-state index contributed by atoms with van der Waals surface area (Å²) in [6, 6.07) is 16.0. The van der Waals surface area contributed by atoms with Crippen molar-refractivity contribution in [1.29, 1.82) is 0 Å². The smallest absolute Gasteiger partial charge is 0.343 e. The highest BCUT2D eigenvalue weighted by molar-refractivity contribution is 5.97. The lowest BCUT2D eigenvalue weighted by atomic mass is 10.2. The normalized spacial score (nSPS) is 10.4. The highest BCUT2D eigenvalue weighted by Gasteiger charge is 2.13. The van der Waals surface area contributed by atoms with Crippen molar-refractivity contribution in [2.45, 2.75) is 0 Å². The Balaban J connectivity index is 1.51. The molecule has 12 nitrogen and oxygen atoms in total. The van der Waals surface area contributed by atoms with Gasteiger partial charge in [-0.15, -0.1) is 0 Å². The van der Waals surface area contributed by atoms with E-state index in [0.29, 0.717) is 17.1 Å². The minimum atomic E-state index is -0.692. The first-order chi connectivity index (χ1) is 17.8. The summed E-state index contributed by atoms with van der Waals surface area (Å²) in [7, 11) is 2.93. The number of carbonyl (C=O) groups excluding carboxylic acids is 3. The molecule has 0 unspecified atom stereocenters. The number of non-ortho nitro benzene ring substituents is 1. The molecule has 12 heteroatoms. The van der Waals surface area contributed by atoms with Gasteiger partial charge >= 0.3 is 5.97 Å². The predicted molar refractivity (Wildman–Crippen MR) is 132 cm³/mol. The van der Waals surface area contributed by atoms with Crippen LogP contribution >= 0.6 is 0 Å². The van der Waals surface area contributed by atoms with Gasteiger partial charge in [0.15, 0.2) is 11.5 Å². The lowest BCUT2D eigenvalue weighted by Crippen LogP contribution is -2.34. The van der Waals surface area contributed by atoms with E-state index < -0.39 is 22.7 Å². The van der Waals surface area contributed by atoms with Crippen LogP contribution in [0.2, 0.25) is 0 Å². The van der Waals surface area contributed by atoms with Crippen molar-refractivity contribution in [3.05, 3.63) is 93.5 Å². The van der Waals surface area contributed by atoms with Crippen LogP contribution in [0, 0.1) is 10.1 Å². The maximum Gasteiger partial charge on any atom is 0.343 e. The fourth-order valence-electron chi connectivity index (χ4n) is 3.00. The van der Waals surface area contributed by atoms with Crippen LogP contribution in [0.25, 0.3) is 0 Å². The van der Waals surface area contributed by atoms with Crippen LogP contribution < -0.4 is 25.0 Å². The average Bonchev–Trinajstić information content (AvgIpc) is 2.91. The standard InChI is InChI=1S/C25H22N4O8/c1-35-21-11-8-18(13-22(21)36-2)24(31)26-15-23(30)28-27-14-16-4-3-5-20(12-16)37-25(32)17-6-9-19(10-7-17)29(33)34/h3-14H,15H2,1-2H3,(H,26,31)(H,28,30). The van der Waals surface area contributed by atoms with Crippen molar-refractivity contribution in [2.24, 2.45) is 5.10 Å². The van der Waals surface area contributed by atoms with Crippen LogP contribution in [0.1, 0.15) is 26.3 Å². The molecule has 0 bridgehead atoms. The predicted octanol–water partition coefficient (Wildman–Crippen LogP) is 2.71. The summed E-state index contributed by atoms with van der Waals surface area (Å²) in [6.07, 6.45) is 1.33. The molecule has 0 saturated carbocycles. The summed E-state index contributed by atoms with van der Waals surface area (Å²) < 4.78 is 15.6. The molecule has 0 aromatic heterocycles. The van der Waals surface area contributed by atoms with Gasteiger partial charge in [-0.05, 0) is 48.0 Å². The zero-order valence-electron chi connectivity index (χ0n) is 19.8. The topological polar surface area (TPSA) is 158 Å². The summed E-state index contributed by atoms with van der Waals surface area (Å²) in [5.41, 5.74) is 3.10. The number of amides is 2. The van der Waals surface area contributed by atoms with Gasteiger partial charge in [0, 0.05) is 17.7 Å². The second-order valence-corrected chi connectivity index (χ2v) is 7.31. The second-order valence-electron chi connectivity index (χ2n) is 7.31. The molecule has 0 saturated heterocycles. The molecular weight excluding hydrogens is 484 g/mol. The Hall–Kier alpha value is -5.26. The van der Waals surface area contributed by atoms with E-state index in [9.17, 15) is 24.5 Å². The lowest BCUT2D eigenvalue weighted by Gasteiger charge is -2.09. The number of hydrogen-bond acceptors (Lipinski definition) is 9. The van der Waals surface area contributed by atoms with Gasteiger partial charge in [0.05, 0.1) is 37.5 Å². The van der Waals surface area contributed by atoms with E-state index in [1.54, 1.807) is 24.3 Å². The minimum Gasteiger partial charge on any atom is -0.493 e. The summed E-state index contributed by atoms with van der Waals surface area (Å²) in [5, 5.41) is 17.0. The molecule has 0 atom stereocenters. The molecule has 0 aliphatic rings. The Morgan fingerprint density at radius 3 is 2.32 bits per heavy atom. The number of nitrogens with zero attached hydrogens (tertiary/aromatic N) is 2. The molecule has 37 heavy (non-hydrogen) atoms. The Labute approximate surface area is 211 Å². The summed E-state index contributed by atoms with van der Waals surface area (Å²) in [5.74, 6) is -0.682.